The minimum absolute atomic E-state index is 0.0519. The molecular weight excluding hydrogens is 430 g/mol. The molecule has 0 spiro atoms. The Morgan fingerprint density at radius 2 is 1.59 bits per heavy atom. The van der Waals surface area contributed by atoms with Crippen molar-refractivity contribution in [1.29, 1.82) is 0 Å². The van der Waals surface area contributed by atoms with Gasteiger partial charge in [0.05, 0.1) is 5.02 Å². The Morgan fingerprint density at radius 3 is 2.19 bits per heavy atom. The van der Waals surface area contributed by atoms with Gasteiger partial charge in [-0.1, -0.05) is 72.3 Å². The lowest BCUT2D eigenvalue weighted by Gasteiger charge is -2.19. The topological polar surface area (TPSA) is 110 Å². The van der Waals surface area contributed by atoms with Gasteiger partial charge in [-0.15, -0.1) is 0 Å². The molecule has 2 N–H and O–H groups in total. The summed E-state index contributed by atoms with van der Waals surface area (Å²) >= 11 is 6.20. The summed E-state index contributed by atoms with van der Waals surface area (Å²) in [5.41, 5.74) is 0.647. The normalized spacial score (nSPS) is 10.8. The first-order chi connectivity index (χ1) is 15.5. The van der Waals surface area contributed by atoms with Gasteiger partial charge < -0.3 is 5.32 Å². The number of hydrogen-bond acceptors (Lipinski definition) is 5. The van der Waals surface area contributed by atoms with Crippen LogP contribution in [-0.4, -0.2) is 32.2 Å². The summed E-state index contributed by atoms with van der Waals surface area (Å²) in [6, 6.07) is 22.6. The second-order valence-corrected chi connectivity index (χ2v) is 7.34. The van der Waals surface area contributed by atoms with Crippen LogP contribution in [0, 0.1) is 0 Å². The van der Waals surface area contributed by atoms with Crippen molar-refractivity contribution in [3.8, 4) is 5.82 Å². The maximum atomic E-state index is 12.9. The summed E-state index contributed by atoms with van der Waals surface area (Å²) in [6.07, 6.45) is 0.946. The molecule has 9 heteroatoms. The van der Waals surface area contributed by atoms with E-state index in [1.165, 1.54) is 12.1 Å². The van der Waals surface area contributed by atoms with Crippen LogP contribution in [0.1, 0.15) is 27.5 Å². The number of carbonyl (C=O) groups excluding carboxylic acids is 1. The van der Waals surface area contributed by atoms with Gasteiger partial charge in [-0.3, -0.25) is 14.6 Å². The van der Waals surface area contributed by atoms with Crippen molar-refractivity contribution in [2.24, 2.45) is 0 Å². The molecule has 160 valence electrons. The first-order valence-electron chi connectivity index (χ1n) is 9.76. The van der Waals surface area contributed by atoms with Gasteiger partial charge in [0.15, 0.2) is 5.82 Å². The van der Waals surface area contributed by atoms with Gasteiger partial charge >= 0.3 is 5.69 Å². The average molecular weight is 448 g/mol. The summed E-state index contributed by atoms with van der Waals surface area (Å²) in [6.45, 7) is 0.311. The number of rotatable bonds is 6. The number of nitrogens with zero attached hydrogens (tertiary/aromatic N) is 3. The predicted molar refractivity (Wildman–Crippen MR) is 120 cm³/mol. The molecule has 0 aliphatic heterocycles. The van der Waals surface area contributed by atoms with Crippen molar-refractivity contribution >= 4 is 17.5 Å². The smallest absolute Gasteiger partial charge is 0.350 e. The van der Waals surface area contributed by atoms with E-state index >= 15 is 0 Å². The molecule has 2 heterocycles. The van der Waals surface area contributed by atoms with E-state index in [1.807, 2.05) is 60.7 Å². The molecule has 32 heavy (non-hydrogen) atoms. The van der Waals surface area contributed by atoms with Gasteiger partial charge in [-0.05, 0) is 23.3 Å². The number of nitrogens with one attached hydrogen (secondary N) is 2. The van der Waals surface area contributed by atoms with Crippen molar-refractivity contribution in [2.45, 2.75) is 5.92 Å². The third-order valence-electron chi connectivity index (χ3n) is 4.85. The molecule has 0 saturated heterocycles. The fourth-order valence-corrected chi connectivity index (χ4v) is 3.49. The maximum absolute atomic E-state index is 12.9. The Kier molecular flexibility index (Phi) is 6.23. The number of H-pyrrole nitrogens is 1. The van der Waals surface area contributed by atoms with E-state index in [0.717, 1.165) is 22.0 Å². The number of aromatic amines is 1. The summed E-state index contributed by atoms with van der Waals surface area (Å²) in [4.78, 5) is 42.5. The minimum Gasteiger partial charge on any atom is -0.350 e. The Bertz CT molecular complexity index is 1310. The van der Waals surface area contributed by atoms with Crippen LogP contribution in [0.15, 0.2) is 88.6 Å². The van der Waals surface area contributed by atoms with Crippen LogP contribution in [-0.2, 0) is 0 Å². The first-order valence-corrected chi connectivity index (χ1v) is 10.1. The lowest BCUT2D eigenvalue weighted by atomic mass is 9.91. The highest BCUT2D eigenvalue weighted by Crippen LogP contribution is 2.24. The zero-order valence-corrected chi connectivity index (χ0v) is 17.5. The number of hydrogen-bond donors (Lipinski definition) is 2. The second-order valence-electron chi connectivity index (χ2n) is 6.93. The Balaban J connectivity index is 1.60. The highest BCUT2D eigenvalue weighted by atomic mass is 35.5. The van der Waals surface area contributed by atoms with Crippen LogP contribution >= 0.6 is 11.6 Å². The summed E-state index contributed by atoms with van der Waals surface area (Å²) in [5.74, 6) is -0.513. The predicted octanol–water partition coefficient (Wildman–Crippen LogP) is 2.53. The van der Waals surface area contributed by atoms with Crippen molar-refractivity contribution in [1.82, 2.24) is 25.1 Å². The standard InChI is InChI=1S/C23H18ClN5O3/c24-18-11-12-19(29-23(32)28-20(30)14-26-29)27-21(18)22(31)25-13-17(15-7-3-1-4-8-15)16-9-5-2-6-10-16/h1-12,14,17H,13H2,(H,25,31)(H,28,30,32). The Labute approximate surface area is 187 Å². The highest BCUT2D eigenvalue weighted by molar-refractivity contribution is 6.33. The molecule has 2 aromatic carbocycles. The van der Waals surface area contributed by atoms with Crippen molar-refractivity contribution < 1.29 is 4.79 Å². The minimum atomic E-state index is -0.771. The van der Waals surface area contributed by atoms with Gasteiger partial charge in [0.2, 0.25) is 0 Å². The zero-order valence-electron chi connectivity index (χ0n) is 16.7. The summed E-state index contributed by atoms with van der Waals surface area (Å²) in [5, 5.41) is 6.77. The van der Waals surface area contributed by atoms with E-state index in [2.05, 4.69) is 20.4 Å². The molecule has 0 fully saturated rings. The molecule has 1 amide bonds. The first kappa shape index (κ1) is 21.2. The van der Waals surface area contributed by atoms with E-state index in [9.17, 15) is 14.4 Å². The summed E-state index contributed by atoms with van der Waals surface area (Å²) < 4.78 is 0.880. The molecular formula is C23H18ClN5O3. The molecule has 0 saturated carbocycles. The SMILES string of the molecule is O=C(NCC(c1ccccc1)c1ccccc1)c1nc(-n2ncc(=O)[nH]c2=O)ccc1Cl. The van der Waals surface area contributed by atoms with Crippen molar-refractivity contribution in [3.05, 3.63) is 122 Å². The number of aromatic nitrogens is 4. The van der Waals surface area contributed by atoms with Crippen LogP contribution in [0.3, 0.4) is 0 Å². The fraction of sp³-hybridized carbons (Fsp3) is 0.0870. The van der Waals surface area contributed by atoms with Crippen LogP contribution in [0.4, 0.5) is 0 Å². The van der Waals surface area contributed by atoms with Crippen LogP contribution in [0.25, 0.3) is 5.82 Å². The van der Waals surface area contributed by atoms with Gasteiger partial charge in [0.1, 0.15) is 11.9 Å². The van der Waals surface area contributed by atoms with Crippen LogP contribution in [0.2, 0.25) is 5.02 Å². The number of pyridine rings is 1. The lowest BCUT2D eigenvalue weighted by Crippen LogP contribution is -2.32. The van der Waals surface area contributed by atoms with E-state index < -0.39 is 17.2 Å². The van der Waals surface area contributed by atoms with Crippen LogP contribution in [0.5, 0.6) is 0 Å². The molecule has 0 aliphatic rings. The monoisotopic (exact) mass is 447 g/mol. The molecule has 0 unspecified atom stereocenters. The fourth-order valence-electron chi connectivity index (χ4n) is 3.30. The molecule has 4 rings (SSSR count). The molecule has 0 radical (unpaired) electrons. The maximum Gasteiger partial charge on any atom is 0.351 e. The van der Waals surface area contributed by atoms with E-state index in [1.54, 1.807) is 0 Å². The van der Waals surface area contributed by atoms with Crippen LogP contribution < -0.4 is 16.6 Å². The van der Waals surface area contributed by atoms with Gasteiger partial charge in [-0.2, -0.15) is 9.78 Å². The molecule has 8 nitrogen and oxygen atoms in total. The van der Waals surface area contributed by atoms with Crippen molar-refractivity contribution in [3.63, 3.8) is 0 Å². The zero-order chi connectivity index (χ0) is 22.5. The molecule has 0 bridgehead atoms. The largest absolute Gasteiger partial charge is 0.351 e. The molecule has 4 aromatic rings. The molecule has 0 atom stereocenters. The Morgan fingerprint density at radius 1 is 0.969 bits per heavy atom. The van der Waals surface area contributed by atoms with E-state index in [4.69, 9.17) is 11.6 Å². The number of benzene rings is 2. The third-order valence-corrected chi connectivity index (χ3v) is 5.15. The Hall–Kier alpha value is -4.04. The van der Waals surface area contributed by atoms with Gasteiger partial charge in [0.25, 0.3) is 11.5 Å². The third kappa shape index (κ3) is 4.65. The van der Waals surface area contributed by atoms with E-state index in [-0.39, 0.29) is 22.5 Å². The van der Waals surface area contributed by atoms with E-state index in [0.29, 0.717) is 6.54 Å². The molecule has 0 aliphatic carbocycles. The quantitative estimate of drug-likeness (QED) is 0.472. The summed E-state index contributed by atoms with van der Waals surface area (Å²) in [7, 11) is 0. The molecule has 2 aromatic heterocycles. The number of halogens is 1. The van der Waals surface area contributed by atoms with Gasteiger partial charge in [0, 0.05) is 12.5 Å². The van der Waals surface area contributed by atoms with Gasteiger partial charge in [-0.25, -0.2) is 9.78 Å². The lowest BCUT2D eigenvalue weighted by molar-refractivity contribution is 0.0947. The highest BCUT2D eigenvalue weighted by Gasteiger charge is 2.19. The number of carbonyl (C=O) groups is 1. The number of amides is 1. The van der Waals surface area contributed by atoms with Crippen molar-refractivity contribution in [2.75, 3.05) is 6.54 Å². The second kappa shape index (κ2) is 9.40. The average Bonchev–Trinajstić information content (AvgIpc) is 2.81.